The van der Waals surface area contributed by atoms with Crippen molar-refractivity contribution in [2.45, 2.75) is 19.8 Å². The van der Waals surface area contributed by atoms with Crippen molar-refractivity contribution in [2.24, 2.45) is 0 Å². The molecule has 0 fully saturated rings. The van der Waals surface area contributed by atoms with Crippen LogP contribution in [0.1, 0.15) is 28.5 Å². The third-order valence-electron chi connectivity index (χ3n) is 4.16. The van der Waals surface area contributed by atoms with Crippen molar-refractivity contribution in [3.8, 4) is 0 Å². The van der Waals surface area contributed by atoms with E-state index in [0.717, 1.165) is 12.1 Å². The van der Waals surface area contributed by atoms with Crippen molar-refractivity contribution < 1.29 is 9.18 Å². The van der Waals surface area contributed by atoms with Gasteiger partial charge >= 0.3 is 0 Å². The molecular weight excluding hydrogens is 343 g/mol. The van der Waals surface area contributed by atoms with Gasteiger partial charge in [0.25, 0.3) is 5.91 Å². The van der Waals surface area contributed by atoms with E-state index in [2.05, 4.69) is 27.5 Å². The van der Waals surface area contributed by atoms with Gasteiger partial charge in [0.05, 0.1) is 12.4 Å². The zero-order chi connectivity index (χ0) is 19.1. The van der Waals surface area contributed by atoms with Gasteiger partial charge in [-0.2, -0.15) is 0 Å². The summed E-state index contributed by atoms with van der Waals surface area (Å²) in [6, 6.07) is 14.6. The molecule has 0 saturated carbocycles. The van der Waals surface area contributed by atoms with Gasteiger partial charge in [-0.1, -0.05) is 37.3 Å². The molecule has 2 aromatic carbocycles. The van der Waals surface area contributed by atoms with Crippen molar-refractivity contribution in [1.29, 1.82) is 0 Å². The number of rotatable bonds is 7. The second-order valence-electron chi connectivity index (χ2n) is 6.06. The summed E-state index contributed by atoms with van der Waals surface area (Å²) >= 11 is 0. The summed E-state index contributed by atoms with van der Waals surface area (Å²) in [5.74, 6) is -0.0474. The predicted octanol–water partition coefficient (Wildman–Crippen LogP) is 3.89. The van der Waals surface area contributed by atoms with Crippen LogP contribution in [0.25, 0.3) is 0 Å². The smallest absolute Gasteiger partial charge is 0.271 e. The number of aromatic nitrogens is 2. The van der Waals surface area contributed by atoms with E-state index in [1.807, 2.05) is 24.3 Å². The first kappa shape index (κ1) is 18.5. The lowest BCUT2D eigenvalue weighted by atomic mass is 10.1. The molecule has 0 saturated heterocycles. The zero-order valence-corrected chi connectivity index (χ0v) is 15.1. The molecule has 0 atom stereocenters. The van der Waals surface area contributed by atoms with E-state index < -0.39 is 0 Å². The summed E-state index contributed by atoms with van der Waals surface area (Å²) < 4.78 is 13.6. The molecule has 0 aliphatic heterocycles. The Hall–Kier alpha value is -3.28. The van der Waals surface area contributed by atoms with Gasteiger partial charge in [0.2, 0.25) is 0 Å². The van der Waals surface area contributed by atoms with Gasteiger partial charge < -0.3 is 10.6 Å². The van der Waals surface area contributed by atoms with E-state index >= 15 is 0 Å². The fraction of sp³-hybridized carbons (Fsp3) is 0.190. The Morgan fingerprint density at radius 3 is 2.48 bits per heavy atom. The lowest BCUT2D eigenvalue weighted by Gasteiger charge is -2.08. The third-order valence-corrected chi connectivity index (χ3v) is 4.16. The average molecular weight is 364 g/mol. The van der Waals surface area contributed by atoms with Crippen molar-refractivity contribution >= 4 is 17.4 Å². The molecule has 1 heterocycles. The summed E-state index contributed by atoms with van der Waals surface area (Å²) in [5, 5.41) is 5.87. The predicted molar refractivity (Wildman–Crippen MR) is 104 cm³/mol. The lowest BCUT2D eigenvalue weighted by molar-refractivity contribution is 0.0948. The van der Waals surface area contributed by atoms with Crippen LogP contribution in [-0.4, -0.2) is 22.4 Å². The maximum absolute atomic E-state index is 13.6. The van der Waals surface area contributed by atoms with Gasteiger partial charge in [0.1, 0.15) is 17.3 Å². The van der Waals surface area contributed by atoms with Crippen LogP contribution in [0.3, 0.4) is 0 Å². The van der Waals surface area contributed by atoms with Gasteiger partial charge in [0.15, 0.2) is 0 Å². The molecule has 0 spiro atoms. The number of nitrogens with zero attached hydrogens (tertiary/aromatic N) is 2. The number of halogens is 1. The minimum Gasteiger partial charge on any atom is -0.350 e. The van der Waals surface area contributed by atoms with E-state index in [-0.39, 0.29) is 17.4 Å². The molecule has 1 aromatic heterocycles. The second-order valence-corrected chi connectivity index (χ2v) is 6.06. The molecule has 0 radical (unpaired) electrons. The number of amides is 1. The van der Waals surface area contributed by atoms with E-state index in [1.54, 1.807) is 18.2 Å². The van der Waals surface area contributed by atoms with E-state index in [4.69, 9.17) is 0 Å². The molecule has 3 aromatic rings. The van der Waals surface area contributed by atoms with Crippen LogP contribution in [0.5, 0.6) is 0 Å². The van der Waals surface area contributed by atoms with Crippen LogP contribution in [0.2, 0.25) is 0 Å². The highest BCUT2D eigenvalue weighted by Gasteiger charge is 2.08. The number of carbonyl (C=O) groups is 1. The standard InChI is InChI=1S/C21H21FN4O/c1-2-15-7-9-17(10-8-15)26-20-14-24-19(13-25-20)21(27)23-12-11-16-5-3-4-6-18(16)22/h3-10,13-14H,2,11-12H2,1H3,(H,23,27)(H,25,26). The minimum atomic E-state index is -0.335. The first-order valence-electron chi connectivity index (χ1n) is 8.85. The van der Waals surface area contributed by atoms with Crippen LogP contribution in [0.4, 0.5) is 15.9 Å². The van der Waals surface area contributed by atoms with E-state index in [1.165, 1.54) is 24.0 Å². The van der Waals surface area contributed by atoms with Crippen LogP contribution in [0, 0.1) is 5.82 Å². The molecule has 5 nitrogen and oxygen atoms in total. The number of hydrogen-bond donors (Lipinski definition) is 2. The monoisotopic (exact) mass is 364 g/mol. The van der Waals surface area contributed by atoms with Gasteiger partial charge in [-0.25, -0.2) is 14.4 Å². The molecule has 6 heteroatoms. The van der Waals surface area contributed by atoms with Crippen LogP contribution in [-0.2, 0) is 12.8 Å². The van der Waals surface area contributed by atoms with Gasteiger partial charge in [-0.3, -0.25) is 4.79 Å². The van der Waals surface area contributed by atoms with Crippen molar-refractivity contribution in [1.82, 2.24) is 15.3 Å². The number of benzene rings is 2. The Morgan fingerprint density at radius 2 is 1.81 bits per heavy atom. The highest BCUT2D eigenvalue weighted by molar-refractivity contribution is 5.92. The maximum atomic E-state index is 13.6. The molecule has 138 valence electrons. The largest absolute Gasteiger partial charge is 0.350 e. The highest BCUT2D eigenvalue weighted by atomic mass is 19.1. The molecule has 2 N–H and O–H groups in total. The summed E-state index contributed by atoms with van der Waals surface area (Å²) in [6.45, 7) is 2.43. The molecule has 0 aliphatic rings. The quantitative estimate of drug-likeness (QED) is 0.667. The Balaban J connectivity index is 1.53. The fourth-order valence-corrected chi connectivity index (χ4v) is 2.58. The Kier molecular flexibility index (Phi) is 6.10. The first-order valence-corrected chi connectivity index (χ1v) is 8.85. The van der Waals surface area contributed by atoms with Crippen molar-refractivity contribution in [2.75, 3.05) is 11.9 Å². The number of carbonyl (C=O) groups excluding carboxylic acids is 1. The molecule has 3 rings (SSSR count). The molecule has 0 aliphatic carbocycles. The zero-order valence-electron chi connectivity index (χ0n) is 15.1. The normalized spacial score (nSPS) is 10.4. The number of nitrogens with one attached hydrogen (secondary N) is 2. The van der Waals surface area contributed by atoms with Gasteiger partial charge in [0, 0.05) is 12.2 Å². The Labute approximate surface area is 157 Å². The third kappa shape index (κ3) is 5.10. The van der Waals surface area contributed by atoms with E-state index in [0.29, 0.717) is 24.3 Å². The highest BCUT2D eigenvalue weighted by Crippen LogP contribution is 2.15. The van der Waals surface area contributed by atoms with Gasteiger partial charge in [-0.15, -0.1) is 0 Å². The van der Waals surface area contributed by atoms with Crippen molar-refractivity contribution in [3.63, 3.8) is 0 Å². The fourth-order valence-electron chi connectivity index (χ4n) is 2.58. The van der Waals surface area contributed by atoms with Crippen LogP contribution >= 0.6 is 0 Å². The molecular formula is C21H21FN4O. The summed E-state index contributed by atoms with van der Waals surface area (Å²) in [6.07, 6.45) is 4.33. The van der Waals surface area contributed by atoms with Crippen LogP contribution in [0.15, 0.2) is 60.9 Å². The second kappa shape index (κ2) is 8.89. The Morgan fingerprint density at radius 1 is 1.04 bits per heavy atom. The topological polar surface area (TPSA) is 66.9 Å². The molecule has 27 heavy (non-hydrogen) atoms. The van der Waals surface area contributed by atoms with Gasteiger partial charge in [-0.05, 0) is 42.2 Å². The van der Waals surface area contributed by atoms with Crippen molar-refractivity contribution in [3.05, 3.63) is 83.6 Å². The molecule has 0 unspecified atom stereocenters. The molecule has 1 amide bonds. The SMILES string of the molecule is CCc1ccc(Nc2cnc(C(=O)NCCc3ccccc3F)cn2)cc1. The lowest BCUT2D eigenvalue weighted by Crippen LogP contribution is -2.26. The Bertz CT molecular complexity index is 895. The maximum Gasteiger partial charge on any atom is 0.271 e. The number of aryl methyl sites for hydroxylation is 1. The summed E-state index contributed by atoms with van der Waals surface area (Å²) in [5.41, 5.74) is 2.95. The molecule has 0 bridgehead atoms. The van der Waals surface area contributed by atoms with Crippen LogP contribution < -0.4 is 10.6 Å². The minimum absolute atomic E-state index is 0.218. The first-order chi connectivity index (χ1) is 13.2. The number of anilines is 2. The summed E-state index contributed by atoms with van der Waals surface area (Å²) in [7, 11) is 0. The summed E-state index contributed by atoms with van der Waals surface area (Å²) in [4.78, 5) is 20.5. The average Bonchev–Trinajstić information content (AvgIpc) is 2.70. The number of hydrogen-bond acceptors (Lipinski definition) is 4. The van der Waals surface area contributed by atoms with E-state index in [9.17, 15) is 9.18 Å².